The van der Waals surface area contributed by atoms with Crippen molar-refractivity contribution in [3.05, 3.63) is 0 Å². The van der Waals surface area contributed by atoms with Crippen LogP contribution in [-0.2, 0) is 28.6 Å². The highest BCUT2D eigenvalue weighted by Gasteiger charge is 2.41. The number of rotatable bonds is 15. The molecule has 13 nitrogen and oxygen atoms in total. The number of likely N-dealkylation sites (N-methyl/N-ethyl adjacent to an activating group) is 1. The summed E-state index contributed by atoms with van der Waals surface area (Å²) >= 11 is 0. The van der Waals surface area contributed by atoms with Crippen molar-refractivity contribution in [3.8, 4) is 0 Å². The normalized spacial score (nSPS) is 21.0. The number of morpholine rings is 1. The second-order valence-corrected chi connectivity index (χ2v) is 10.9. The van der Waals surface area contributed by atoms with Crippen molar-refractivity contribution in [1.82, 2.24) is 25.3 Å². The molecule has 0 aromatic carbocycles. The highest BCUT2D eigenvalue weighted by atomic mass is 16.5. The topological polar surface area (TPSA) is 150 Å². The average molecular weight is 586 g/mol. The molecule has 2 rings (SSSR count). The predicted octanol–water partition coefficient (Wildman–Crippen LogP) is 0.0570. The molecule has 2 aliphatic rings. The summed E-state index contributed by atoms with van der Waals surface area (Å²) in [5.74, 6) is -1.13. The second kappa shape index (κ2) is 17.5. The standard InChI is InChI=1S/C28H51N5O8/c1-7-19(2)25(31(4)24(36)18-30-28(38)32-12-15-41-16-13-32)22(39-5)17-23(35)33-11-8-9-21(33)26(40-6)20(3)27(37)29-10-14-34/h19-22,25-26,34H,7-18H2,1-6H3,(H,29,37)(H,30,38). The van der Waals surface area contributed by atoms with E-state index in [2.05, 4.69) is 10.6 Å². The maximum atomic E-state index is 13.7. The minimum absolute atomic E-state index is 0.0213. The molecule has 13 heteroatoms. The number of ether oxygens (including phenoxy) is 3. The summed E-state index contributed by atoms with van der Waals surface area (Å²) in [5, 5.41) is 14.4. The van der Waals surface area contributed by atoms with E-state index in [-0.39, 0.29) is 61.8 Å². The zero-order valence-electron chi connectivity index (χ0n) is 25.6. The van der Waals surface area contributed by atoms with Crippen molar-refractivity contribution < 1.29 is 38.5 Å². The van der Waals surface area contributed by atoms with E-state index in [9.17, 15) is 19.2 Å². The van der Waals surface area contributed by atoms with E-state index in [4.69, 9.17) is 19.3 Å². The van der Waals surface area contributed by atoms with Crippen LogP contribution in [0.2, 0.25) is 0 Å². The first kappa shape index (κ1) is 34.7. The summed E-state index contributed by atoms with van der Waals surface area (Å²) in [6.07, 6.45) is 1.22. The monoisotopic (exact) mass is 585 g/mol. The molecule has 6 unspecified atom stereocenters. The van der Waals surface area contributed by atoms with Crippen LogP contribution in [0, 0.1) is 11.8 Å². The van der Waals surface area contributed by atoms with Gasteiger partial charge in [0.25, 0.3) is 0 Å². The highest BCUT2D eigenvalue weighted by Crippen LogP contribution is 2.29. The molecule has 0 saturated carbocycles. The Labute approximate surface area is 244 Å². The smallest absolute Gasteiger partial charge is 0.317 e. The molecule has 236 valence electrons. The van der Waals surface area contributed by atoms with Crippen LogP contribution in [0.5, 0.6) is 0 Å². The average Bonchev–Trinajstić information content (AvgIpc) is 3.48. The first-order chi connectivity index (χ1) is 19.6. The fourth-order valence-corrected chi connectivity index (χ4v) is 5.82. The van der Waals surface area contributed by atoms with Crippen molar-refractivity contribution in [1.29, 1.82) is 0 Å². The van der Waals surface area contributed by atoms with Crippen LogP contribution in [0.1, 0.15) is 46.5 Å². The predicted molar refractivity (Wildman–Crippen MR) is 152 cm³/mol. The van der Waals surface area contributed by atoms with Crippen molar-refractivity contribution in [3.63, 3.8) is 0 Å². The number of aliphatic hydroxyl groups excluding tert-OH is 1. The Kier molecular flexibility index (Phi) is 14.8. The number of carbonyl (C=O) groups is 4. The van der Waals surface area contributed by atoms with E-state index in [0.29, 0.717) is 39.3 Å². The summed E-state index contributed by atoms with van der Waals surface area (Å²) in [4.78, 5) is 56.9. The van der Waals surface area contributed by atoms with Gasteiger partial charge in [0.05, 0.1) is 63.0 Å². The van der Waals surface area contributed by atoms with Gasteiger partial charge in [0.15, 0.2) is 0 Å². The number of nitrogens with zero attached hydrogens (tertiary/aromatic N) is 3. The van der Waals surface area contributed by atoms with E-state index in [1.165, 1.54) is 7.11 Å². The third-order valence-corrected chi connectivity index (χ3v) is 8.40. The molecular formula is C28H51N5O8. The van der Waals surface area contributed by atoms with Gasteiger partial charge in [-0.2, -0.15) is 0 Å². The minimum atomic E-state index is -0.575. The Hall–Kier alpha value is -2.48. The van der Waals surface area contributed by atoms with Gasteiger partial charge in [-0.1, -0.05) is 27.2 Å². The quantitative estimate of drug-likeness (QED) is 0.244. The zero-order chi connectivity index (χ0) is 30.5. The molecular weight excluding hydrogens is 534 g/mol. The van der Waals surface area contributed by atoms with Gasteiger partial charge in [0.1, 0.15) is 0 Å². The van der Waals surface area contributed by atoms with Crippen LogP contribution in [0.3, 0.4) is 0 Å². The number of nitrogens with one attached hydrogen (secondary N) is 2. The van der Waals surface area contributed by atoms with Gasteiger partial charge < -0.3 is 44.7 Å². The lowest BCUT2D eigenvalue weighted by Gasteiger charge is -2.39. The van der Waals surface area contributed by atoms with Gasteiger partial charge in [-0.15, -0.1) is 0 Å². The lowest BCUT2D eigenvalue weighted by atomic mass is 9.90. The van der Waals surface area contributed by atoms with Crippen LogP contribution in [0.25, 0.3) is 0 Å². The Morgan fingerprint density at radius 3 is 2.34 bits per heavy atom. The third-order valence-electron chi connectivity index (χ3n) is 8.40. The lowest BCUT2D eigenvalue weighted by Crippen LogP contribution is -2.55. The van der Waals surface area contributed by atoms with Crippen molar-refractivity contribution in [2.45, 2.75) is 70.7 Å². The summed E-state index contributed by atoms with van der Waals surface area (Å²) in [6.45, 7) is 8.08. The molecule has 0 aromatic rings. The van der Waals surface area contributed by atoms with Crippen LogP contribution >= 0.6 is 0 Å². The maximum absolute atomic E-state index is 13.7. The Morgan fingerprint density at radius 1 is 1.07 bits per heavy atom. The molecule has 2 aliphatic heterocycles. The van der Waals surface area contributed by atoms with E-state index >= 15 is 0 Å². The molecule has 41 heavy (non-hydrogen) atoms. The minimum Gasteiger partial charge on any atom is -0.395 e. The molecule has 2 saturated heterocycles. The zero-order valence-corrected chi connectivity index (χ0v) is 25.6. The molecule has 0 radical (unpaired) electrons. The fraction of sp³-hybridized carbons (Fsp3) is 0.857. The molecule has 0 spiro atoms. The van der Waals surface area contributed by atoms with Crippen molar-refractivity contribution in [2.24, 2.45) is 11.8 Å². The number of hydrogen-bond acceptors (Lipinski definition) is 8. The number of hydrogen-bond donors (Lipinski definition) is 3. The largest absolute Gasteiger partial charge is 0.395 e. The van der Waals surface area contributed by atoms with Gasteiger partial charge >= 0.3 is 6.03 Å². The fourth-order valence-electron chi connectivity index (χ4n) is 5.82. The third kappa shape index (κ3) is 9.52. The van der Waals surface area contributed by atoms with E-state index in [1.807, 2.05) is 13.8 Å². The number of methoxy groups -OCH3 is 2. The van der Waals surface area contributed by atoms with E-state index < -0.39 is 24.2 Å². The summed E-state index contributed by atoms with van der Waals surface area (Å²) in [5.41, 5.74) is 0. The number of carbonyl (C=O) groups excluding carboxylic acids is 4. The van der Waals surface area contributed by atoms with Crippen molar-refractivity contribution >= 4 is 23.8 Å². The molecule has 0 bridgehead atoms. The molecule has 0 aliphatic carbocycles. The Balaban J connectivity index is 2.10. The Morgan fingerprint density at radius 2 is 1.76 bits per heavy atom. The first-order valence-corrected chi connectivity index (χ1v) is 14.7. The Bertz CT molecular complexity index is 855. The van der Waals surface area contributed by atoms with Crippen LogP contribution in [0.15, 0.2) is 0 Å². The highest BCUT2D eigenvalue weighted by molar-refractivity contribution is 5.84. The number of amides is 5. The summed E-state index contributed by atoms with van der Waals surface area (Å²) in [6, 6.07) is -0.985. The molecule has 3 N–H and O–H groups in total. The second-order valence-electron chi connectivity index (χ2n) is 10.9. The molecule has 2 fully saturated rings. The van der Waals surface area contributed by atoms with Gasteiger partial charge in [-0.05, 0) is 18.8 Å². The molecule has 2 heterocycles. The van der Waals surface area contributed by atoms with Gasteiger partial charge in [-0.25, -0.2) is 4.79 Å². The van der Waals surface area contributed by atoms with Crippen molar-refractivity contribution in [2.75, 3.05) is 73.8 Å². The SMILES string of the molecule is CCC(C)C(C(CC(=O)N1CCCC1C(OC)C(C)C(=O)NCCO)OC)N(C)C(=O)CNC(=O)N1CCOCC1. The maximum Gasteiger partial charge on any atom is 0.317 e. The summed E-state index contributed by atoms with van der Waals surface area (Å²) < 4.78 is 16.8. The number of likely N-dealkylation sites (tertiary alicyclic amines) is 1. The van der Waals surface area contributed by atoms with Gasteiger partial charge in [0.2, 0.25) is 17.7 Å². The van der Waals surface area contributed by atoms with E-state index in [0.717, 1.165) is 12.8 Å². The van der Waals surface area contributed by atoms with Gasteiger partial charge in [0, 0.05) is 47.4 Å². The molecule has 6 atom stereocenters. The van der Waals surface area contributed by atoms with Crippen LogP contribution in [-0.4, -0.2) is 142 Å². The number of aliphatic hydroxyl groups is 1. The molecule has 0 aromatic heterocycles. The van der Waals surface area contributed by atoms with Gasteiger partial charge in [-0.3, -0.25) is 14.4 Å². The van der Waals surface area contributed by atoms with E-state index in [1.54, 1.807) is 35.8 Å². The van der Waals surface area contributed by atoms with Crippen LogP contribution in [0.4, 0.5) is 4.79 Å². The number of urea groups is 1. The molecule has 5 amide bonds. The first-order valence-electron chi connectivity index (χ1n) is 14.7. The summed E-state index contributed by atoms with van der Waals surface area (Å²) in [7, 11) is 4.76. The lowest BCUT2D eigenvalue weighted by molar-refractivity contribution is -0.145. The van der Waals surface area contributed by atoms with Crippen LogP contribution < -0.4 is 10.6 Å².